The van der Waals surface area contributed by atoms with Gasteiger partial charge in [0.25, 0.3) is 5.69 Å². The summed E-state index contributed by atoms with van der Waals surface area (Å²) in [4.78, 5) is 21.3. The number of anilines is 2. The molecule has 0 fully saturated rings. The van der Waals surface area contributed by atoms with Crippen LogP contribution in [0.15, 0.2) is 40.9 Å². The fraction of sp³-hybridized carbons (Fsp3) is 0.0714. The monoisotopic (exact) mass is 350 g/mol. The SMILES string of the molecule is Cc1ccc(Nc2ccc(C(=O)O)cc2[N+](=O)[O-])cc1Br. The summed E-state index contributed by atoms with van der Waals surface area (Å²) < 4.78 is 0.873. The molecule has 0 aliphatic carbocycles. The number of carboxylic acids is 1. The van der Waals surface area contributed by atoms with Crippen molar-refractivity contribution >= 4 is 39.0 Å². The molecule has 0 aliphatic heterocycles. The van der Waals surface area contributed by atoms with Gasteiger partial charge in [-0.15, -0.1) is 0 Å². The highest BCUT2D eigenvalue weighted by atomic mass is 79.9. The number of rotatable bonds is 4. The summed E-state index contributed by atoms with van der Waals surface area (Å²) >= 11 is 3.39. The molecular formula is C14H11BrN2O4. The van der Waals surface area contributed by atoms with Crippen LogP contribution in [-0.2, 0) is 0 Å². The zero-order valence-electron chi connectivity index (χ0n) is 11.0. The maximum Gasteiger partial charge on any atom is 0.335 e. The number of halogens is 1. The minimum Gasteiger partial charge on any atom is -0.478 e. The Morgan fingerprint density at radius 3 is 2.57 bits per heavy atom. The van der Waals surface area contributed by atoms with Crippen LogP contribution in [-0.4, -0.2) is 16.0 Å². The van der Waals surface area contributed by atoms with Crippen molar-refractivity contribution in [2.75, 3.05) is 5.32 Å². The van der Waals surface area contributed by atoms with Gasteiger partial charge in [-0.1, -0.05) is 22.0 Å². The standard InChI is InChI=1S/C14H11BrN2O4/c1-8-2-4-10(7-11(8)15)16-12-5-3-9(14(18)19)6-13(12)17(20)21/h2-7,16H,1H3,(H,18,19). The molecule has 0 amide bonds. The Labute approximate surface area is 128 Å². The van der Waals surface area contributed by atoms with Gasteiger partial charge in [0.05, 0.1) is 10.5 Å². The number of nitro groups is 1. The first kappa shape index (κ1) is 15.0. The zero-order valence-corrected chi connectivity index (χ0v) is 12.5. The molecule has 2 aromatic rings. The van der Waals surface area contributed by atoms with Crippen LogP contribution in [0.5, 0.6) is 0 Å². The van der Waals surface area contributed by atoms with E-state index in [4.69, 9.17) is 5.11 Å². The highest BCUT2D eigenvalue weighted by molar-refractivity contribution is 9.10. The molecule has 0 heterocycles. The molecule has 7 heteroatoms. The highest BCUT2D eigenvalue weighted by Gasteiger charge is 2.17. The van der Waals surface area contributed by atoms with E-state index in [2.05, 4.69) is 21.2 Å². The third-order valence-corrected chi connectivity index (χ3v) is 3.75. The van der Waals surface area contributed by atoms with Gasteiger partial charge in [0.1, 0.15) is 5.69 Å². The lowest BCUT2D eigenvalue weighted by atomic mass is 10.1. The number of carbonyl (C=O) groups is 1. The number of hydrogen-bond acceptors (Lipinski definition) is 4. The van der Waals surface area contributed by atoms with Crippen LogP contribution in [0, 0.1) is 17.0 Å². The number of benzene rings is 2. The molecule has 2 N–H and O–H groups in total. The van der Waals surface area contributed by atoms with Gasteiger partial charge in [0.2, 0.25) is 0 Å². The van der Waals surface area contributed by atoms with Crippen molar-refractivity contribution in [3.05, 3.63) is 62.1 Å². The first-order valence-electron chi connectivity index (χ1n) is 5.93. The lowest BCUT2D eigenvalue weighted by Gasteiger charge is -2.09. The summed E-state index contributed by atoms with van der Waals surface area (Å²) in [5.74, 6) is -1.21. The lowest BCUT2D eigenvalue weighted by Crippen LogP contribution is -2.01. The van der Waals surface area contributed by atoms with E-state index in [-0.39, 0.29) is 16.9 Å². The molecule has 2 aromatic carbocycles. The van der Waals surface area contributed by atoms with Crippen molar-refractivity contribution in [3.63, 3.8) is 0 Å². The third kappa shape index (κ3) is 3.38. The van der Waals surface area contributed by atoms with Crippen molar-refractivity contribution in [2.45, 2.75) is 6.92 Å². The molecule has 0 aromatic heterocycles. The summed E-state index contributed by atoms with van der Waals surface area (Å²) in [6, 6.07) is 9.19. The second-order valence-corrected chi connectivity index (χ2v) is 5.24. The Hall–Kier alpha value is -2.41. The van der Waals surface area contributed by atoms with Gasteiger partial charge >= 0.3 is 5.97 Å². The van der Waals surface area contributed by atoms with Crippen molar-refractivity contribution in [1.29, 1.82) is 0 Å². The second kappa shape index (κ2) is 5.92. The molecule has 0 bridgehead atoms. The van der Waals surface area contributed by atoms with Crippen molar-refractivity contribution in [3.8, 4) is 0 Å². The van der Waals surface area contributed by atoms with Crippen LogP contribution < -0.4 is 5.32 Å². The van der Waals surface area contributed by atoms with E-state index in [9.17, 15) is 14.9 Å². The van der Waals surface area contributed by atoms with Gasteiger partial charge in [-0.3, -0.25) is 10.1 Å². The summed E-state index contributed by atoms with van der Waals surface area (Å²) in [5.41, 5.74) is 1.53. The Balaban J connectivity index is 2.41. The molecule has 2 rings (SSSR count). The van der Waals surface area contributed by atoms with Crippen molar-refractivity contribution in [1.82, 2.24) is 0 Å². The number of nitro benzene ring substituents is 1. The van der Waals surface area contributed by atoms with Crippen LogP contribution in [0.2, 0.25) is 0 Å². The van der Waals surface area contributed by atoms with Gasteiger partial charge in [-0.05, 0) is 36.8 Å². The maximum atomic E-state index is 11.1. The van der Waals surface area contributed by atoms with Gasteiger partial charge in [-0.25, -0.2) is 4.79 Å². The molecule has 0 atom stereocenters. The van der Waals surface area contributed by atoms with E-state index in [1.807, 2.05) is 13.0 Å². The van der Waals surface area contributed by atoms with E-state index >= 15 is 0 Å². The number of aromatic carboxylic acids is 1. The Bertz CT molecular complexity index is 731. The molecule has 0 unspecified atom stereocenters. The minimum absolute atomic E-state index is 0.127. The first-order chi connectivity index (χ1) is 9.88. The number of carboxylic acid groups (broad SMARTS) is 1. The average Bonchev–Trinajstić information content (AvgIpc) is 2.43. The fourth-order valence-electron chi connectivity index (χ4n) is 1.75. The zero-order chi connectivity index (χ0) is 15.6. The molecule has 0 spiro atoms. The quantitative estimate of drug-likeness (QED) is 0.639. The van der Waals surface area contributed by atoms with Gasteiger partial charge in [0, 0.05) is 16.2 Å². The fourth-order valence-corrected chi connectivity index (χ4v) is 2.13. The normalized spacial score (nSPS) is 10.2. The van der Waals surface area contributed by atoms with Crippen LogP contribution in [0.1, 0.15) is 15.9 Å². The number of nitrogens with zero attached hydrogens (tertiary/aromatic N) is 1. The van der Waals surface area contributed by atoms with Gasteiger partial charge in [0.15, 0.2) is 0 Å². The second-order valence-electron chi connectivity index (χ2n) is 4.38. The van der Waals surface area contributed by atoms with E-state index in [1.54, 1.807) is 12.1 Å². The maximum absolute atomic E-state index is 11.1. The van der Waals surface area contributed by atoms with Crippen LogP contribution in [0.25, 0.3) is 0 Å². The Morgan fingerprint density at radius 2 is 2.00 bits per heavy atom. The summed E-state index contributed by atoms with van der Waals surface area (Å²) in [6.45, 7) is 1.93. The Morgan fingerprint density at radius 1 is 1.29 bits per heavy atom. The topological polar surface area (TPSA) is 92.5 Å². The predicted octanol–water partition coefficient (Wildman–Crippen LogP) is 4.11. The molecule has 21 heavy (non-hydrogen) atoms. The van der Waals surface area contributed by atoms with E-state index in [0.717, 1.165) is 16.1 Å². The van der Waals surface area contributed by atoms with E-state index in [0.29, 0.717) is 5.69 Å². The van der Waals surface area contributed by atoms with Crippen LogP contribution in [0.3, 0.4) is 0 Å². The van der Waals surface area contributed by atoms with Crippen molar-refractivity contribution in [2.24, 2.45) is 0 Å². The summed E-state index contributed by atoms with van der Waals surface area (Å²) in [6.07, 6.45) is 0. The molecule has 0 saturated heterocycles. The Kier molecular flexibility index (Phi) is 4.23. The minimum atomic E-state index is -1.21. The van der Waals surface area contributed by atoms with E-state index < -0.39 is 10.9 Å². The molecule has 0 radical (unpaired) electrons. The van der Waals surface area contributed by atoms with Gasteiger partial charge in [-0.2, -0.15) is 0 Å². The predicted molar refractivity (Wildman–Crippen MR) is 82.2 cm³/mol. The number of hydrogen-bond donors (Lipinski definition) is 2. The lowest BCUT2D eigenvalue weighted by molar-refractivity contribution is -0.383. The van der Waals surface area contributed by atoms with Crippen molar-refractivity contribution < 1.29 is 14.8 Å². The highest BCUT2D eigenvalue weighted by Crippen LogP contribution is 2.30. The number of nitrogens with one attached hydrogen (secondary N) is 1. The smallest absolute Gasteiger partial charge is 0.335 e. The molecule has 0 aliphatic rings. The average molecular weight is 351 g/mol. The molecule has 0 saturated carbocycles. The van der Waals surface area contributed by atoms with E-state index in [1.165, 1.54) is 12.1 Å². The number of aryl methyl sites for hydroxylation is 1. The van der Waals surface area contributed by atoms with Gasteiger partial charge < -0.3 is 10.4 Å². The first-order valence-corrected chi connectivity index (χ1v) is 6.72. The molecule has 108 valence electrons. The van der Waals surface area contributed by atoms with Crippen LogP contribution in [0.4, 0.5) is 17.1 Å². The molecular weight excluding hydrogens is 340 g/mol. The largest absolute Gasteiger partial charge is 0.478 e. The van der Waals surface area contributed by atoms with Crippen LogP contribution >= 0.6 is 15.9 Å². The summed E-state index contributed by atoms with van der Waals surface area (Å²) in [7, 11) is 0. The third-order valence-electron chi connectivity index (χ3n) is 2.89. The molecule has 6 nitrogen and oxygen atoms in total. The summed E-state index contributed by atoms with van der Waals surface area (Å²) in [5, 5.41) is 22.9.